The second-order valence-corrected chi connectivity index (χ2v) is 5.51. The van der Waals surface area contributed by atoms with E-state index in [1.54, 1.807) is 11.0 Å². The molecule has 0 bridgehead atoms. The smallest absolute Gasteiger partial charge is 0.287 e. The summed E-state index contributed by atoms with van der Waals surface area (Å²) in [7, 11) is 0. The number of rotatable bonds is 5. The van der Waals surface area contributed by atoms with Gasteiger partial charge in [-0.05, 0) is 25.0 Å². The maximum Gasteiger partial charge on any atom is 0.287 e. The largest absolute Gasteiger partial charge is 0.332 e. The van der Waals surface area contributed by atoms with E-state index in [1.807, 2.05) is 0 Å². The third-order valence-corrected chi connectivity index (χ3v) is 4.05. The van der Waals surface area contributed by atoms with E-state index >= 15 is 0 Å². The van der Waals surface area contributed by atoms with Gasteiger partial charge in [0, 0.05) is 24.2 Å². The fourth-order valence-electron chi connectivity index (χ4n) is 2.71. The van der Waals surface area contributed by atoms with Crippen molar-refractivity contribution in [3.63, 3.8) is 0 Å². The molecule has 1 aromatic carbocycles. The number of carbonyl (C=O) groups excluding carboxylic acids is 1. The van der Waals surface area contributed by atoms with Crippen LogP contribution in [-0.2, 0) is 0 Å². The van der Waals surface area contributed by atoms with Crippen LogP contribution in [0.4, 0.5) is 5.69 Å². The Balaban J connectivity index is 2.25. The van der Waals surface area contributed by atoms with E-state index in [0.717, 1.165) is 25.7 Å². The number of benzene rings is 1. The van der Waals surface area contributed by atoms with E-state index in [4.69, 9.17) is 11.6 Å². The minimum Gasteiger partial charge on any atom is -0.332 e. The summed E-state index contributed by atoms with van der Waals surface area (Å²) in [5, 5.41) is 10.7. The Hall–Kier alpha value is -1.88. The summed E-state index contributed by atoms with van der Waals surface area (Å²) in [4.78, 5) is 24.6. The highest BCUT2D eigenvalue weighted by molar-refractivity contribution is 6.33. The van der Waals surface area contributed by atoms with Crippen molar-refractivity contribution < 1.29 is 9.72 Å². The summed E-state index contributed by atoms with van der Waals surface area (Å²) < 4.78 is 0. The van der Waals surface area contributed by atoms with E-state index in [2.05, 4.69) is 6.58 Å². The number of nitro groups is 1. The van der Waals surface area contributed by atoms with Crippen molar-refractivity contribution >= 4 is 23.2 Å². The summed E-state index contributed by atoms with van der Waals surface area (Å²) in [5.41, 5.74) is 0.184. The van der Waals surface area contributed by atoms with Gasteiger partial charge in [-0.2, -0.15) is 0 Å². The Morgan fingerprint density at radius 2 is 2.14 bits per heavy atom. The Labute approximate surface area is 128 Å². The molecule has 5 nitrogen and oxygen atoms in total. The summed E-state index contributed by atoms with van der Waals surface area (Å²) in [5.74, 6) is -0.154. The molecule has 21 heavy (non-hydrogen) atoms. The lowest BCUT2D eigenvalue weighted by Gasteiger charge is -2.28. The minimum atomic E-state index is -0.560. The lowest BCUT2D eigenvalue weighted by molar-refractivity contribution is -0.384. The van der Waals surface area contributed by atoms with Crippen molar-refractivity contribution in [1.29, 1.82) is 0 Å². The van der Waals surface area contributed by atoms with Gasteiger partial charge in [-0.3, -0.25) is 14.9 Å². The van der Waals surface area contributed by atoms with Crippen molar-refractivity contribution in [2.75, 3.05) is 6.54 Å². The monoisotopic (exact) mass is 308 g/mol. The SMILES string of the molecule is C=CCN(C(=O)c1ccc([N+](=O)[O-])c(Cl)c1)C1CCCC1. The highest BCUT2D eigenvalue weighted by Crippen LogP contribution is 2.28. The summed E-state index contributed by atoms with van der Waals surface area (Å²) >= 11 is 5.88. The Morgan fingerprint density at radius 1 is 1.48 bits per heavy atom. The van der Waals surface area contributed by atoms with Crippen LogP contribution in [0.2, 0.25) is 5.02 Å². The van der Waals surface area contributed by atoms with Crippen molar-refractivity contribution in [1.82, 2.24) is 4.90 Å². The molecule has 1 aromatic rings. The molecule has 1 fully saturated rings. The lowest BCUT2D eigenvalue weighted by atomic mass is 10.1. The summed E-state index contributed by atoms with van der Waals surface area (Å²) in [6, 6.07) is 4.31. The van der Waals surface area contributed by atoms with Gasteiger partial charge in [0.1, 0.15) is 5.02 Å². The maximum atomic E-state index is 12.6. The van der Waals surface area contributed by atoms with Gasteiger partial charge in [-0.25, -0.2) is 0 Å². The van der Waals surface area contributed by atoms with E-state index < -0.39 is 4.92 Å². The topological polar surface area (TPSA) is 63.5 Å². The highest BCUT2D eigenvalue weighted by Gasteiger charge is 2.27. The summed E-state index contributed by atoms with van der Waals surface area (Å²) in [6.45, 7) is 4.16. The lowest BCUT2D eigenvalue weighted by Crippen LogP contribution is -2.38. The first-order valence-corrected chi connectivity index (χ1v) is 7.28. The molecule has 0 heterocycles. The first-order valence-electron chi connectivity index (χ1n) is 6.90. The highest BCUT2D eigenvalue weighted by atomic mass is 35.5. The molecule has 112 valence electrons. The second kappa shape index (κ2) is 6.72. The van der Waals surface area contributed by atoms with Crippen molar-refractivity contribution in [3.05, 3.63) is 51.6 Å². The number of hydrogen-bond donors (Lipinski definition) is 0. The number of carbonyl (C=O) groups is 1. The average Bonchev–Trinajstić information content (AvgIpc) is 2.97. The molecule has 1 saturated carbocycles. The number of nitrogens with zero attached hydrogens (tertiary/aromatic N) is 2. The van der Waals surface area contributed by atoms with E-state index in [1.165, 1.54) is 18.2 Å². The fraction of sp³-hybridized carbons (Fsp3) is 0.400. The quantitative estimate of drug-likeness (QED) is 0.472. The van der Waals surface area contributed by atoms with E-state index in [9.17, 15) is 14.9 Å². The zero-order valence-electron chi connectivity index (χ0n) is 11.6. The molecule has 0 saturated heterocycles. The van der Waals surface area contributed by atoms with Crippen LogP contribution in [-0.4, -0.2) is 28.3 Å². The van der Waals surface area contributed by atoms with Crippen LogP contribution in [0.3, 0.4) is 0 Å². The van der Waals surface area contributed by atoms with Gasteiger partial charge in [-0.1, -0.05) is 30.5 Å². The van der Waals surface area contributed by atoms with Gasteiger partial charge >= 0.3 is 0 Å². The van der Waals surface area contributed by atoms with Crippen molar-refractivity contribution in [2.45, 2.75) is 31.7 Å². The van der Waals surface area contributed by atoms with Crippen LogP contribution in [0.1, 0.15) is 36.0 Å². The molecule has 0 N–H and O–H groups in total. The standard InChI is InChI=1S/C15H17ClN2O3/c1-2-9-17(12-5-3-4-6-12)15(19)11-7-8-14(18(20)21)13(16)10-11/h2,7-8,10,12H,1,3-6,9H2. The van der Waals surface area contributed by atoms with Crippen LogP contribution >= 0.6 is 11.6 Å². The van der Waals surface area contributed by atoms with Crippen molar-refractivity contribution in [3.8, 4) is 0 Å². The molecular formula is C15H17ClN2O3. The van der Waals surface area contributed by atoms with Gasteiger partial charge in [0.05, 0.1) is 4.92 Å². The molecule has 0 atom stereocenters. The summed E-state index contributed by atoms with van der Waals surface area (Å²) in [6.07, 6.45) is 5.91. The zero-order valence-corrected chi connectivity index (χ0v) is 12.4. The first-order chi connectivity index (χ1) is 10.0. The minimum absolute atomic E-state index is 0.0178. The average molecular weight is 309 g/mol. The second-order valence-electron chi connectivity index (χ2n) is 5.11. The molecule has 2 rings (SSSR count). The van der Waals surface area contributed by atoms with Gasteiger partial charge in [0.2, 0.25) is 0 Å². The predicted molar refractivity (Wildman–Crippen MR) is 81.6 cm³/mol. The molecule has 0 spiro atoms. The molecule has 0 unspecified atom stereocenters. The number of halogens is 1. The van der Waals surface area contributed by atoms with Crippen LogP contribution in [0.15, 0.2) is 30.9 Å². The Bertz CT molecular complexity index is 568. The molecule has 0 aromatic heterocycles. The van der Waals surface area contributed by atoms with E-state index in [-0.39, 0.29) is 22.7 Å². The van der Waals surface area contributed by atoms with Crippen LogP contribution in [0, 0.1) is 10.1 Å². The molecule has 6 heteroatoms. The molecule has 0 aliphatic heterocycles. The molecule has 1 aliphatic carbocycles. The van der Waals surface area contributed by atoms with Crippen LogP contribution in [0.5, 0.6) is 0 Å². The van der Waals surface area contributed by atoms with Gasteiger partial charge in [0.25, 0.3) is 11.6 Å². The molecule has 0 radical (unpaired) electrons. The van der Waals surface area contributed by atoms with Crippen LogP contribution in [0.25, 0.3) is 0 Å². The third-order valence-electron chi connectivity index (χ3n) is 3.74. The van der Waals surface area contributed by atoms with Gasteiger partial charge in [-0.15, -0.1) is 6.58 Å². The molecular weight excluding hydrogens is 292 g/mol. The molecule has 1 aliphatic rings. The predicted octanol–water partition coefficient (Wildman–Crippen LogP) is 3.82. The number of amides is 1. The normalized spacial score (nSPS) is 14.9. The number of nitro benzene ring substituents is 1. The fourth-order valence-corrected chi connectivity index (χ4v) is 2.96. The van der Waals surface area contributed by atoms with Crippen LogP contribution < -0.4 is 0 Å². The zero-order chi connectivity index (χ0) is 15.4. The van der Waals surface area contributed by atoms with Gasteiger partial charge < -0.3 is 4.90 Å². The third kappa shape index (κ3) is 3.42. The first kappa shape index (κ1) is 15.5. The maximum absolute atomic E-state index is 12.6. The molecule has 1 amide bonds. The van der Waals surface area contributed by atoms with E-state index in [0.29, 0.717) is 12.1 Å². The van der Waals surface area contributed by atoms with Gasteiger partial charge in [0.15, 0.2) is 0 Å². The number of hydrogen-bond acceptors (Lipinski definition) is 3. The Morgan fingerprint density at radius 3 is 2.67 bits per heavy atom. The Kier molecular flexibility index (Phi) is 4.96. The van der Waals surface area contributed by atoms with Crippen molar-refractivity contribution in [2.24, 2.45) is 0 Å².